The van der Waals surface area contributed by atoms with Gasteiger partial charge >= 0.3 is 5.97 Å². The lowest BCUT2D eigenvalue weighted by atomic mass is 9.92. The first-order valence-corrected chi connectivity index (χ1v) is 11.7. The third-order valence-corrected chi connectivity index (χ3v) is 6.53. The third-order valence-electron chi connectivity index (χ3n) is 6.53. The molecule has 2 amide bonds. The number of aromatic nitrogens is 1. The molecule has 7 heteroatoms. The predicted octanol–water partition coefficient (Wildman–Crippen LogP) is 3.80. The molecule has 2 N–H and O–H groups in total. The van der Waals surface area contributed by atoms with Gasteiger partial charge < -0.3 is 19.9 Å². The summed E-state index contributed by atoms with van der Waals surface area (Å²) in [5.41, 5.74) is 3.40. The van der Waals surface area contributed by atoms with Gasteiger partial charge in [-0.15, -0.1) is 0 Å². The highest BCUT2D eigenvalue weighted by Gasteiger charge is 2.29. The Morgan fingerprint density at radius 2 is 1.82 bits per heavy atom. The van der Waals surface area contributed by atoms with Gasteiger partial charge in [0, 0.05) is 31.2 Å². The van der Waals surface area contributed by atoms with Crippen LogP contribution in [0.2, 0.25) is 0 Å². The molecule has 0 aliphatic carbocycles. The molecule has 2 heterocycles. The summed E-state index contributed by atoms with van der Waals surface area (Å²) in [7, 11) is 1.33. The second-order valence-corrected chi connectivity index (χ2v) is 9.05. The summed E-state index contributed by atoms with van der Waals surface area (Å²) in [6.45, 7) is 6.78. The van der Waals surface area contributed by atoms with Crippen molar-refractivity contribution in [3.05, 3.63) is 58.4 Å². The van der Waals surface area contributed by atoms with Gasteiger partial charge in [0.15, 0.2) is 0 Å². The highest BCUT2D eigenvalue weighted by molar-refractivity contribution is 6.00. The quantitative estimate of drug-likeness (QED) is 0.595. The second kappa shape index (κ2) is 11.2. The number of hydrogen-bond acceptors (Lipinski definition) is 4. The largest absolute Gasteiger partial charge is 0.465 e. The Bertz CT molecular complexity index is 975. The Labute approximate surface area is 195 Å². The van der Waals surface area contributed by atoms with Gasteiger partial charge in [-0.2, -0.15) is 0 Å². The fraction of sp³-hybridized carbons (Fsp3) is 0.500. The van der Waals surface area contributed by atoms with Crippen LogP contribution in [0, 0.1) is 19.8 Å². The van der Waals surface area contributed by atoms with Crippen LogP contribution in [0.25, 0.3) is 0 Å². The van der Waals surface area contributed by atoms with E-state index in [0.717, 1.165) is 25.7 Å². The topological polar surface area (TPSA) is 91.5 Å². The molecule has 1 aliphatic rings. The summed E-state index contributed by atoms with van der Waals surface area (Å²) < 4.78 is 4.83. The first-order valence-electron chi connectivity index (χ1n) is 11.7. The van der Waals surface area contributed by atoms with Crippen molar-refractivity contribution < 1.29 is 19.1 Å². The number of hydrogen-bond donors (Lipinski definition) is 2. The maximum atomic E-state index is 13.0. The molecule has 0 saturated carbocycles. The zero-order valence-electron chi connectivity index (χ0n) is 20.1. The third kappa shape index (κ3) is 6.24. The lowest BCUT2D eigenvalue weighted by molar-refractivity contribution is -0.122. The van der Waals surface area contributed by atoms with Gasteiger partial charge in [-0.1, -0.05) is 30.3 Å². The molecular weight excluding hydrogens is 418 g/mol. The Morgan fingerprint density at radius 1 is 1.15 bits per heavy atom. The highest BCUT2D eigenvalue weighted by atomic mass is 16.5. The number of methoxy groups -OCH3 is 1. The van der Waals surface area contributed by atoms with Crippen molar-refractivity contribution in [1.82, 2.24) is 15.2 Å². The number of aryl methyl sites for hydroxylation is 2. The Balaban J connectivity index is 1.45. The van der Waals surface area contributed by atoms with E-state index in [2.05, 4.69) is 22.4 Å². The van der Waals surface area contributed by atoms with Crippen LogP contribution in [-0.4, -0.2) is 53.9 Å². The van der Waals surface area contributed by atoms with E-state index in [1.54, 1.807) is 18.7 Å². The van der Waals surface area contributed by atoms with E-state index >= 15 is 0 Å². The van der Waals surface area contributed by atoms with Gasteiger partial charge in [-0.25, -0.2) is 4.79 Å². The summed E-state index contributed by atoms with van der Waals surface area (Å²) in [5, 5.41) is 3.12. The number of likely N-dealkylation sites (tertiary alicyclic amines) is 1. The van der Waals surface area contributed by atoms with E-state index in [9.17, 15) is 14.4 Å². The van der Waals surface area contributed by atoms with Gasteiger partial charge in [0.05, 0.1) is 12.7 Å². The van der Waals surface area contributed by atoms with Crippen molar-refractivity contribution in [2.24, 2.45) is 5.92 Å². The summed E-state index contributed by atoms with van der Waals surface area (Å²) in [6.07, 6.45) is 3.93. The molecule has 1 atom stereocenters. The Morgan fingerprint density at radius 3 is 2.45 bits per heavy atom. The fourth-order valence-corrected chi connectivity index (χ4v) is 4.57. The molecule has 178 valence electrons. The summed E-state index contributed by atoms with van der Waals surface area (Å²) in [6, 6.07) is 10.4. The van der Waals surface area contributed by atoms with Crippen LogP contribution in [-0.2, 0) is 16.0 Å². The van der Waals surface area contributed by atoms with Crippen molar-refractivity contribution in [2.45, 2.75) is 58.9 Å². The molecule has 1 aromatic carbocycles. The molecule has 0 radical (unpaired) electrons. The minimum absolute atomic E-state index is 0.0823. The normalized spacial score (nSPS) is 15.2. The van der Waals surface area contributed by atoms with Crippen LogP contribution >= 0.6 is 0 Å². The van der Waals surface area contributed by atoms with Crippen molar-refractivity contribution in [1.29, 1.82) is 0 Å². The Kier molecular flexibility index (Phi) is 8.31. The number of esters is 1. The molecule has 3 rings (SSSR count). The highest BCUT2D eigenvalue weighted by Crippen LogP contribution is 2.25. The van der Waals surface area contributed by atoms with E-state index in [0.29, 0.717) is 42.0 Å². The number of benzene rings is 1. The number of amides is 2. The zero-order chi connectivity index (χ0) is 24.0. The molecule has 1 aliphatic heterocycles. The summed E-state index contributed by atoms with van der Waals surface area (Å²) in [5.74, 6) is -0.197. The van der Waals surface area contributed by atoms with Crippen molar-refractivity contribution in [3.63, 3.8) is 0 Å². The number of piperidine rings is 1. The number of nitrogens with one attached hydrogen (secondary N) is 2. The summed E-state index contributed by atoms with van der Waals surface area (Å²) >= 11 is 0. The molecule has 0 spiro atoms. The minimum Gasteiger partial charge on any atom is -0.465 e. The van der Waals surface area contributed by atoms with Crippen molar-refractivity contribution in [3.8, 4) is 0 Å². The van der Waals surface area contributed by atoms with Crippen LogP contribution in [0.5, 0.6) is 0 Å². The molecule has 1 aromatic heterocycles. The molecule has 1 saturated heterocycles. The van der Waals surface area contributed by atoms with E-state index in [1.807, 2.05) is 25.1 Å². The van der Waals surface area contributed by atoms with Gasteiger partial charge in [-0.05, 0) is 63.5 Å². The first-order chi connectivity index (χ1) is 15.8. The van der Waals surface area contributed by atoms with Crippen LogP contribution in [0.3, 0.4) is 0 Å². The molecule has 0 bridgehead atoms. The fourth-order valence-electron chi connectivity index (χ4n) is 4.57. The van der Waals surface area contributed by atoms with Crippen molar-refractivity contribution >= 4 is 17.8 Å². The average Bonchev–Trinajstić information content (AvgIpc) is 3.11. The maximum absolute atomic E-state index is 13.0. The standard InChI is InChI=1S/C26H35N3O4/c1-17(10-11-20-8-6-5-7-9-20)27-22(30)16-21-12-14-29(15-13-21)25(31)24-18(2)23(19(3)28-24)26(32)33-4/h5-9,17,21,28H,10-16H2,1-4H3,(H,27,30)/t17-/m0/s1. The number of nitrogens with zero attached hydrogens (tertiary/aromatic N) is 1. The Hall–Kier alpha value is -3.09. The van der Waals surface area contributed by atoms with Crippen LogP contribution in [0.15, 0.2) is 30.3 Å². The maximum Gasteiger partial charge on any atom is 0.339 e. The molecule has 0 unspecified atom stereocenters. The average molecular weight is 454 g/mol. The molecule has 33 heavy (non-hydrogen) atoms. The lowest BCUT2D eigenvalue weighted by Crippen LogP contribution is -2.41. The number of H-pyrrole nitrogens is 1. The van der Waals surface area contributed by atoms with Gasteiger partial charge in [0.25, 0.3) is 5.91 Å². The second-order valence-electron chi connectivity index (χ2n) is 9.05. The first kappa shape index (κ1) is 24.6. The van der Waals surface area contributed by atoms with Crippen LogP contribution in [0.4, 0.5) is 0 Å². The molecular formula is C26H35N3O4. The molecule has 7 nitrogen and oxygen atoms in total. The number of carbonyl (C=O) groups is 3. The van der Waals surface area contributed by atoms with Crippen LogP contribution in [0.1, 0.15) is 70.3 Å². The van der Waals surface area contributed by atoms with E-state index in [4.69, 9.17) is 4.74 Å². The number of ether oxygens (including phenoxy) is 1. The molecule has 2 aromatic rings. The minimum atomic E-state index is -0.442. The zero-order valence-corrected chi connectivity index (χ0v) is 20.1. The monoisotopic (exact) mass is 453 g/mol. The molecule has 1 fully saturated rings. The lowest BCUT2D eigenvalue weighted by Gasteiger charge is -2.32. The number of aromatic amines is 1. The SMILES string of the molecule is COC(=O)c1c(C)[nH]c(C(=O)N2CCC(CC(=O)N[C@@H](C)CCc3ccccc3)CC2)c1C. The van der Waals surface area contributed by atoms with Crippen molar-refractivity contribution in [2.75, 3.05) is 20.2 Å². The van der Waals surface area contributed by atoms with Gasteiger partial charge in [0.2, 0.25) is 5.91 Å². The van der Waals surface area contributed by atoms with Gasteiger partial charge in [0.1, 0.15) is 5.69 Å². The van der Waals surface area contributed by atoms with Gasteiger partial charge in [-0.3, -0.25) is 9.59 Å². The van der Waals surface area contributed by atoms with E-state index < -0.39 is 5.97 Å². The predicted molar refractivity (Wildman–Crippen MR) is 127 cm³/mol. The van der Waals surface area contributed by atoms with E-state index in [-0.39, 0.29) is 23.8 Å². The number of rotatable bonds is 8. The van der Waals surface area contributed by atoms with Crippen LogP contribution < -0.4 is 5.32 Å². The smallest absolute Gasteiger partial charge is 0.339 e. The number of carbonyl (C=O) groups excluding carboxylic acids is 3. The van der Waals surface area contributed by atoms with E-state index in [1.165, 1.54) is 12.7 Å². The summed E-state index contributed by atoms with van der Waals surface area (Å²) in [4.78, 5) is 42.4.